The minimum atomic E-state index is -0.753. The van der Waals surface area contributed by atoms with Crippen LogP contribution >= 0.6 is 0 Å². The van der Waals surface area contributed by atoms with Crippen molar-refractivity contribution in [2.75, 3.05) is 26.2 Å². The molecule has 21 heavy (non-hydrogen) atoms. The Kier molecular flexibility index (Phi) is 5.25. The van der Waals surface area contributed by atoms with Crippen molar-refractivity contribution in [3.05, 3.63) is 39.7 Å². The molecule has 1 aromatic carbocycles. The molecule has 6 heteroatoms. The lowest BCUT2D eigenvalue weighted by atomic mass is 10.2. The van der Waals surface area contributed by atoms with Crippen LogP contribution in [-0.4, -0.2) is 46.9 Å². The summed E-state index contributed by atoms with van der Waals surface area (Å²) in [6, 6.07) is 4.74. The van der Waals surface area contributed by atoms with Gasteiger partial charge in [0, 0.05) is 31.7 Å². The highest BCUT2D eigenvalue weighted by molar-refractivity contribution is 5.35. The van der Waals surface area contributed by atoms with Crippen LogP contribution in [0.15, 0.2) is 18.2 Å². The summed E-state index contributed by atoms with van der Waals surface area (Å²) in [5, 5.41) is 10.6. The normalized spacial score (nSPS) is 19.3. The van der Waals surface area contributed by atoms with Gasteiger partial charge in [-0.2, -0.15) is 4.39 Å². The van der Waals surface area contributed by atoms with Gasteiger partial charge in [-0.3, -0.25) is 19.9 Å². The summed E-state index contributed by atoms with van der Waals surface area (Å²) in [7, 11) is 0. The summed E-state index contributed by atoms with van der Waals surface area (Å²) in [5.41, 5.74) is 0.333. The summed E-state index contributed by atoms with van der Waals surface area (Å²) in [4.78, 5) is 14.6. The van der Waals surface area contributed by atoms with E-state index in [2.05, 4.69) is 23.6 Å². The Bertz CT molecular complexity index is 506. The summed E-state index contributed by atoms with van der Waals surface area (Å²) in [6.07, 6.45) is 1.12. The molecule has 1 aliphatic rings. The molecule has 0 amide bonds. The molecule has 1 saturated heterocycles. The quantitative estimate of drug-likeness (QED) is 0.598. The Morgan fingerprint density at radius 3 is 2.71 bits per heavy atom. The highest BCUT2D eigenvalue weighted by atomic mass is 19.1. The molecular formula is C15H22FN3O2. The largest absolute Gasteiger partial charge is 0.304 e. The van der Waals surface area contributed by atoms with Crippen molar-refractivity contribution in [3.63, 3.8) is 0 Å². The van der Waals surface area contributed by atoms with Crippen molar-refractivity contribution >= 4 is 5.69 Å². The van der Waals surface area contributed by atoms with Crippen LogP contribution in [0.1, 0.15) is 25.8 Å². The van der Waals surface area contributed by atoms with Gasteiger partial charge in [0.2, 0.25) is 5.82 Å². The number of rotatable bonds is 6. The second-order valence-corrected chi connectivity index (χ2v) is 5.44. The number of nitrogens with zero attached hydrogens (tertiary/aromatic N) is 3. The fraction of sp³-hybridized carbons (Fsp3) is 0.600. The van der Waals surface area contributed by atoms with E-state index in [-0.39, 0.29) is 0 Å². The zero-order valence-corrected chi connectivity index (χ0v) is 12.6. The summed E-state index contributed by atoms with van der Waals surface area (Å²) < 4.78 is 13.6. The van der Waals surface area contributed by atoms with Crippen molar-refractivity contribution in [2.24, 2.45) is 0 Å². The van der Waals surface area contributed by atoms with E-state index in [9.17, 15) is 14.5 Å². The van der Waals surface area contributed by atoms with E-state index in [0.29, 0.717) is 12.6 Å². The van der Waals surface area contributed by atoms with E-state index < -0.39 is 16.4 Å². The van der Waals surface area contributed by atoms with Gasteiger partial charge in [0.15, 0.2) is 0 Å². The zero-order valence-electron chi connectivity index (χ0n) is 12.6. The molecule has 2 rings (SSSR count). The Labute approximate surface area is 124 Å². The van der Waals surface area contributed by atoms with Gasteiger partial charge in [0.1, 0.15) is 0 Å². The molecule has 5 nitrogen and oxygen atoms in total. The van der Waals surface area contributed by atoms with Gasteiger partial charge in [0.25, 0.3) is 0 Å². The first-order chi connectivity index (χ1) is 10.0. The maximum atomic E-state index is 13.6. The van der Waals surface area contributed by atoms with E-state index in [1.54, 1.807) is 6.07 Å². The average molecular weight is 295 g/mol. The maximum Gasteiger partial charge on any atom is 0.304 e. The minimum Gasteiger partial charge on any atom is -0.300 e. The smallest absolute Gasteiger partial charge is 0.300 e. The van der Waals surface area contributed by atoms with E-state index in [0.717, 1.165) is 38.2 Å². The van der Waals surface area contributed by atoms with Crippen molar-refractivity contribution in [3.8, 4) is 0 Å². The van der Waals surface area contributed by atoms with Gasteiger partial charge < -0.3 is 0 Å². The number of benzene rings is 1. The van der Waals surface area contributed by atoms with Crippen molar-refractivity contribution in [1.29, 1.82) is 0 Å². The lowest BCUT2D eigenvalue weighted by molar-refractivity contribution is -0.387. The number of halogens is 1. The Morgan fingerprint density at radius 1 is 1.43 bits per heavy atom. The van der Waals surface area contributed by atoms with E-state index >= 15 is 0 Å². The molecular weight excluding hydrogens is 273 g/mol. The number of likely N-dealkylation sites (N-methyl/N-ethyl adjacent to an activating group) is 1. The number of likely N-dealkylation sites (tertiary alicyclic amines) is 1. The van der Waals surface area contributed by atoms with Gasteiger partial charge in [0.05, 0.1) is 4.92 Å². The molecule has 1 heterocycles. The lowest BCUT2D eigenvalue weighted by Gasteiger charge is -2.26. The molecule has 0 N–H and O–H groups in total. The summed E-state index contributed by atoms with van der Waals surface area (Å²) in [6.45, 7) is 9.02. The monoisotopic (exact) mass is 295 g/mol. The van der Waals surface area contributed by atoms with Gasteiger partial charge >= 0.3 is 5.69 Å². The molecule has 116 valence electrons. The molecule has 0 radical (unpaired) electrons. The van der Waals surface area contributed by atoms with Crippen LogP contribution in [0.5, 0.6) is 0 Å². The van der Waals surface area contributed by atoms with E-state index in [4.69, 9.17) is 0 Å². The molecule has 1 atom stereocenters. The van der Waals surface area contributed by atoms with Crippen molar-refractivity contribution in [1.82, 2.24) is 9.80 Å². The van der Waals surface area contributed by atoms with Crippen molar-refractivity contribution < 1.29 is 9.31 Å². The van der Waals surface area contributed by atoms with Crippen molar-refractivity contribution in [2.45, 2.75) is 32.9 Å². The van der Waals surface area contributed by atoms with Gasteiger partial charge in [-0.1, -0.05) is 19.9 Å². The molecule has 1 fully saturated rings. The highest BCUT2D eigenvalue weighted by Crippen LogP contribution is 2.21. The standard InChI is InChI=1S/C15H22FN3O2/c1-3-18(4-2)13-7-8-17(11-13)10-12-5-6-15(19(20)21)14(16)9-12/h5-6,9,13H,3-4,7-8,10-11H2,1-2H3. The van der Waals surface area contributed by atoms with Crippen LogP contribution in [0.4, 0.5) is 10.1 Å². The third-order valence-electron chi connectivity index (χ3n) is 4.19. The topological polar surface area (TPSA) is 49.6 Å². The SMILES string of the molecule is CCN(CC)C1CCN(Cc2ccc([N+](=O)[O-])c(F)c2)C1. The van der Waals surface area contributed by atoms with Crippen LogP contribution < -0.4 is 0 Å². The number of nitro benzene ring substituents is 1. The number of nitro groups is 1. The molecule has 1 unspecified atom stereocenters. The molecule has 1 aromatic rings. The first-order valence-electron chi connectivity index (χ1n) is 7.44. The number of hydrogen-bond acceptors (Lipinski definition) is 4. The predicted octanol–water partition coefficient (Wildman–Crippen LogP) is 2.65. The minimum absolute atomic E-state index is 0.457. The Hall–Kier alpha value is -1.53. The second kappa shape index (κ2) is 6.95. The van der Waals surface area contributed by atoms with Gasteiger partial charge in [-0.15, -0.1) is 0 Å². The Balaban J connectivity index is 1.97. The number of hydrogen-bond donors (Lipinski definition) is 0. The van der Waals surface area contributed by atoms with Crippen LogP contribution in [0, 0.1) is 15.9 Å². The fourth-order valence-corrected chi connectivity index (χ4v) is 3.05. The third-order valence-corrected chi connectivity index (χ3v) is 4.19. The first-order valence-corrected chi connectivity index (χ1v) is 7.44. The first kappa shape index (κ1) is 15.9. The van der Waals surface area contributed by atoms with Crippen LogP contribution in [0.2, 0.25) is 0 Å². The summed E-state index contributed by atoms with van der Waals surface area (Å²) in [5.74, 6) is -0.753. The summed E-state index contributed by atoms with van der Waals surface area (Å²) >= 11 is 0. The predicted molar refractivity (Wildman–Crippen MR) is 79.7 cm³/mol. The molecule has 0 saturated carbocycles. The van der Waals surface area contributed by atoms with Gasteiger partial charge in [-0.25, -0.2) is 0 Å². The van der Waals surface area contributed by atoms with Crippen LogP contribution in [0.3, 0.4) is 0 Å². The molecule has 0 spiro atoms. The van der Waals surface area contributed by atoms with E-state index in [1.165, 1.54) is 12.1 Å². The highest BCUT2D eigenvalue weighted by Gasteiger charge is 2.26. The average Bonchev–Trinajstić information content (AvgIpc) is 2.88. The van der Waals surface area contributed by atoms with E-state index in [1.807, 2.05) is 0 Å². The maximum absolute atomic E-state index is 13.6. The van der Waals surface area contributed by atoms with Gasteiger partial charge in [-0.05, 0) is 31.1 Å². The van der Waals surface area contributed by atoms with Crippen LogP contribution in [0.25, 0.3) is 0 Å². The molecule has 0 aliphatic carbocycles. The molecule has 0 bridgehead atoms. The molecule has 1 aliphatic heterocycles. The van der Waals surface area contributed by atoms with Crippen LogP contribution in [-0.2, 0) is 6.54 Å². The lowest BCUT2D eigenvalue weighted by Crippen LogP contribution is -2.37. The molecule has 0 aromatic heterocycles. The Morgan fingerprint density at radius 2 is 2.14 bits per heavy atom. The second-order valence-electron chi connectivity index (χ2n) is 5.44. The third kappa shape index (κ3) is 3.77. The fourth-order valence-electron chi connectivity index (χ4n) is 3.05. The zero-order chi connectivity index (χ0) is 15.4.